The molecule has 0 aliphatic heterocycles. The molecule has 0 atom stereocenters. The smallest absolute Gasteiger partial charge is 0.0763 e. The van der Waals surface area contributed by atoms with E-state index in [0.717, 1.165) is 12.1 Å². The summed E-state index contributed by atoms with van der Waals surface area (Å²) in [5.74, 6) is 2.60. The molecule has 1 nitrogen and oxygen atoms in total. The van der Waals surface area contributed by atoms with Gasteiger partial charge in [-0.25, -0.2) is 0 Å². The number of nitrogens with one attached hydrogen (secondary N) is 1. The van der Waals surface area contributed by atoms with E-state index in [1.54, 1.807) is 0 Å². The second-order valence-electron chi connectivity index (χ2n) is 3.88. The molecule has 84 valence electrons. The summed E-state index contributed by atoms with van der Waals surface area (Å²) < 4.78 is 0. The third kappa shape index (κ3) is 3.12. The van der Waals surface area contributed by atoms with E-state index in [-0.39, 0.29) is 0 Å². The lowest BCUT2D eigenvalue weighted by Crippen LogP contribution is -2.02. The molecule has 0 aliphatic carbocycles. The standard InChI is InChI=1S/C16H15N/c1-2-12-17-16-11-7-6-10-15(16)13-14-8-4-3-5-9-14/h1,3-11,17H,12-13H2. The zero-order valence-corrected chi connectivity index (χ0v) is 9.69. The Hall–Kier alpha value is -2.20. The van der Waals surface area contributed by atoms with Crippen LogP contribution in [0.15, 0.2) is 54.6 Å². The van der Waals surface area contributed by atoms with Gasteiger partial charge in [-0.15, -0.1) is 6.42 Å². The Bertz CT molecular complexity index is 509. The molecule has 0 heterocycles. The van der Waals surface area contributed by atoms with E-state index in [0.29, 0.717) is 6.54 Å². The summed E-state index contributed by atoms with van der Waals surface area (Å²) in [5, 5.41) is 3.25. The average molecular weight is 221 g/mol. The molecule has 0 fully saturated rings. The van der Waals surface area contributed by atoms with Crippen molar-refractivity contribution in [2.75, 3.05) is 11.9 Å². The third-order valence-corrected chi connectivity index (χ3v) is 2.64. The van der Waals surface area contributed by atoms with Gasteiger partial charge in [0.05, 0.1) is 6.54 Å². The predicted molar refractivity (Wildman–Crippen MR) is 73.0 cm³/mol. The summed E-state index contributed by atoms with van der Waals surface area (Å²) in [6.07, 6.45) is 6.19. The molecule has 0 aromatic heterocycles. The summed E-state index contributed by atoms with van der Waals surface area (Å²) in [4.78, 5) is 0. The normalized spacial score (nSPS) is 9.59. The molecule has 0 saturated heterocycles. The highest BCUT2D eigenvalue weighted by Crippen LogP contribution is 2.18. The van der Waals surface area contributed by atoms with Crippen LogP contribution in [-0.4, -0.2) is 6.54 Å². The first-order chi connectivity index (χ1) is 8.40. The molecule has 0 amide bonds. The molecule has 0 spiro atoms. The van der Waals surface area contributed by atoms with Crippen LogP contribution in [0.2, 0.25) is 0 Å². The molecular formula is C16H15N. The summed E-state index contributed by atoms with van der Waals surface area (Å²) in [6.45, 7) is 0.561. The number of anilines is 1. The van der Waals surface area contributed by atoms with Crippen LogP contribution in [-0.2, 0) is 6.42 Å². The van der Waals surface area contributed by atoms with Gasteiger partial charge in [0.1, 0.15) is 0 Å². The van der Waals surface area contributed by atoms with Crippen LogP contribution in [0.3, 0.4) is 0 Å². The first-order valence-electron chi connectivity index (χ1n) is 5.69. The second-order valence-corrected chi connectivity index (χ2v) is 3.88. The summed E-state index contributed by atoms with van der Waals surface area (Å²) >= 11 is 0. The van der Waals surface area contributed by atoms with Gasteiger partial charge < -0.3 is 5.32 Å². The van der Waals surface area contributed by atoms with Gasteiger partial charge in [0.15, 0.2) is 0 Å². The average Bonchev–Trinajstić information content (AvgIpc) is 2.39. The number of hydrogen-bond acceptors (Lipinski definition) is 1. The van der Waals surface area contributed by atoms with Gasteiger partial charge in [0.2, 0.25) is 0 Å². The van der Waals surface area contributed by atoms with Crippen LogP contribution in [0, 0.1) is 12.3 Å². The van der Waals surface area contributed by atoms with E-state index in [4.69, 9.17) is 6.42 Å². The van der Waals surface area contributed by atoms with E-state index in [1.807, 2.05) is 12.1 Å². The minimum absolute atomic E-state index is 0.561. The van der Waals surface area contributed by atoms with Crippen molar-refractivity contribution in [3.63, 3.8) is 0 Å². The van der Waals surface area contributed by atoms with Crippen molar-refractivity contribution in [3.8, 4) is 12.3 Å². The number of para-hydroxylation sites is 1. The quantitative estimate of drug-likeness (QED) is 0.781. The van der Waals surface area contributed by atoms with Crippen LogP contribution in [0.1, 0.15) is 11.1 Å². The third-order valence-electron chi connectivity index (χ3n) is 2.64. The van der Waals surface area contributed by atoms with E-state index >= 15 is 0 Å². The van der Waals surface area contributed by atoms with Crippen molar-refractivity contribution < 1.29 is 0 Å². The second kappa shape index (κ2) is 5.77. The Labute approximate surface area is 102 Å². The Morgan fingerprint density at radius 1 is 0.941 bits per heavy atom. The van der Waals surface area contributed by atoms with E-state index < -0.39 is 0 Å². The number of hydrogen-bond donors (Lipinski definition) is 1. The van der Waals surface area contributed by atoms with E-state index in [9.17, 15) is 0 Å². The summed E-state index contributed by atoms with van der Waals surface area (Å²) in [5.41, 5.74) is 3.70. The Balaban J connectivity index is 2.18. The van der Waals surface area contributed by atoms with Crippen molar-refractivity contribution in [1.29, 1.82) is 0 Å². The van der Waals surface area contributed by atoms with Crippen LogP contribution in [0.4, 0.5) is 5.69 Å². The highest BCUT2D eigenvalue weighted by Gasteiger charge is 2.01. The molecule has 0 unspecified atom stereocenters. The molecule has 0 saturated carbocycles. The van der Waals surface area contributed by atoms with Gasteiger partial charge in [0, 0.05) is 5.69 Å². The topological polar surface area (TPSA) is 12.0 Å². The van der Waals surface area contributed by atoms with Gasteiger partial charge in [0.25, 0.3) is 0 Å². The molecular weight excluding hydrogens is 206 g/mol. The maximum Gasteiger partial charge on any atom is 0.0763 e. The first-order valence-corrected chi connectivity index (χ1v) is 5.69. The van der Waals surface area contributed by atoms with Gasteiger partial charge in [-0.3, -0.25) is 0 Å². The lowest BCUT2D eigenvalue weighted by molar-refractivity contribution is 1.18. The van der Waals surface area contributed by atoms with Crippen molar-refractivity contribution in [2.45, 2.75) is 6.42 Å². The van der Waals surface area contributed by atoms with Crippen LogP contribution >= 0.6 is 0 Å². The molecule has 1 heteroatoms. The predicted octanol–water partition coefficient (Wildman–Crippen LogP) is 3.32. The van der Waals surface area contributed by atoms with Gasteiger partial charge in [-0.05, 0) is 23.6 Å². The molecule has 0 aliphatic rings. The zero-order valence-electron chi connectivity index (χ0n) is 9.69. The fourth-order valence-corrected chi connectivity index (χ4v) is 1.81. The fraction of sp³-hybridized carbons (Fsp3) is 0.125. The number of terminal acetylenes is 1. The highest BCUT2D eigenvalue weighted by atomic mass is 14.9. The van der Waals surface area contributed by atoms with Crippen molar-refractivity contribution in [3.05, 3.63) is 65.7 Å². The minimum atomic E-state index is 0.561. The van der Waals surface area contributed by atoms with Gasteiger partial charge in [-0.1, -0.05) is 54.5 Å². The molecule has 1 N–H and O–H groups in total. The fourth-order valence-electron chi connectivity index (χ4n) is 1.81. The lowest BCUT2D eigenvalue weighted by atomic mass is 10.0. The maximum absolute atomic E-state index is 5.27. The molecule has 17 heavy (non-hydrogen) atoms. The van der Waals surface area contributed by atoms with Gasteiger partial charge in [-0.2, -0.15) is 0 Å². The zero-order chi connectivity index (χ0) is 11.9. The van der Waals surface area contributed by atoms with E-state index in [1.165, 1.54) is 11.1 Å². The molecule has 0 radical (unpaired) electrons. The number of benzene rings is 2. The lowest BCUT2D eigenvalue weighted by Gasteiger charge is -2.10. The first kappa shape index (κ1) is 11.3. The Kier molecular flexibility index (Phi) is 3.83. The number of rotatable bonds is 4. The molecule has 0 bridgehead atoms. The molecule has 2 aromatic carbocycles. The van der Waals surface area contributed by atoms with E-state index in [2.05, 4.69) is 53.7 Å². The Morgan fingerprint density at radius 3 is 2.41 bits per heavy atom. The Morgan fingerprint density at radius 2 is 1.65 bits per heavy atom. The largest absolute Gasteiger partial charge is 0.374 e. The molecule has 2 rings (SSSR count). The minimum Gasteiger partial charge on any atom is -0.374 e. The van der Waals surface area contributed by atoms with Crippen molar-refractivity contribution in [1.82, 2.24) is 0 Å². The van der Waals surface area contributed by atoms with Crippen molar-refractivity contribution >= 4 is 5.69 Å². The molecule has 2 aromatic rings. The van der Waals surface area contributed by atoms with Gasteiger partial charge >= 0.3 is 0 Å². The SMILES string of the molecule is C#CCNc1ccccc1Cc1ccccc1. The van der Waals surface area contributed by atoms with Crippen LogP contribution in [0.25, 0.3) is 0 Å². The highest BCUT2D eigenvalue weighted by molar-refractivity contribution is 5.53. The van der Waals surface area contributed by atoms with Crippen molar-refractivity contribution in [2.24, 2.45) is 0 Å². The summed E-state index contributed by atoms with van der Waals surface area (Å²) in [6, 6.07) is 18.7. The maximum atomic E-state index is 5.27. The monoisotopic (exact) mass is 221 g/mol. The van der Waals surface area contributed by atoms with Crippen LogP contribution in [0.5, 0.6) is 0 Å². The van der Waals surface area contributed by atoms with Crippen LogP contribution < -0.4 is 5.32 Å². The summed E-state index contributed by atoms with van der Waals surface area (Å²) in [7, 11) is 0.